The lowest BCUT2D eigenvalue weighted by Crippen LogP contribution is -2.50. The summed E-state index contributed by atoms with van der Waals surface area (Å²) in [7, 11) is 0. The van der Waals surface area contributed by atoms with Crippen LogP contribution in [0.4, 0.5) is 5.69 Å². The molecule has 0 N–H and O–H groups in total. The fraction of sp³-hybridized carbons (Fsp3) is 0.571. The molecule has 1 heterocycles. The van der Waals surface area contributed by atoms with Gasteiger partial charge < -0.3 is 4.74 Å². The molecule has 2 amide bonds. The van der Waals surface area contributed by atoms with Gasteiger partial charge in [0.1, 0.15) is 6.61 Å². The number of nitro groups is 1. The lowest BCUT2D eigenvalue weighted by molar-refractivity contribution is -0.384. The van der Waals surface area contributed by atoms with Gasteiger partial charge in [-0.1, -0.05) is 0 Å². The molecule has 1 aromatic rings. The Hall–Kier alpha value is -2.77. The van der Waals surface area contributed by atoms with Crippen molar-refractivity contribution < 1.29 is 24.0 Å². The van der Waals surface area contributed by atoms with Gasteiger partial charge in [0.05, 0.1) is 28.0 Å². The topological polar surface area (TPSA) is 107 Å². The second-order valence-electron chi connectivity index (χ2n) is 9.08. The second kappa shape index (κ2) is 6.37. The van der Waals surface area contributed by atoms with Crippen LogP contribution in [0.3, 0.4) is 0 Å². The van der Waals surface area contributed by atoms with Crippen LogP contribution in [0.15, 0.2) is 18.2 Å². The van der Waals surface area contributed by atoms with Crippen molar-refractivity contribution in [3.05, 3.63) is 39.4 Å². The van der Waals surface area contributed by atoms with E-state index in [-0.39, 0.29) is 41.4 Å². The highest BCUT2D eigenvalue weighted by atomic mass is 16.6. The summed E-state index contributed by atoms with van der Waals surface area (Å²) in [5.41, 5.74) is -0.443. The van der Waals surface area contributed by atoms with E-state index in [4.69, 9.17) is 4.74 Å². The van der Waals surface area contributed by atoms with Crippen LogP contribution in [-0.2, 0) is 9.53 Å². The maximum Gasteiger partial charge on any atom is 0.312 e. The molecule has 4 aliphatic carbocycles. The van der Waals surface area contributed by atoms with Crippen molar-refractivity contribution in [2.24, 2.45) is 23.2 Å². The zero-order valence-electron chi connectivity index (χ0n) is 16.0. The molecule has 4 saturated carbocycles. The number of carbonyl (C=O) groups is 3. The molecule has 1 aromatic carbocycles. The molecule has 0 saturated heterocycles. The minimum atomic E-state index is -0.603. The monoisotopic (exact) mass is 398 g/mol. The lowest BCUT2D eigenvalue weighted by Gasteiger charge is -2.55. The molecule has 152 valence electrons. The third kappa shape index (κ3) is 2.84. The van der Waals surface area contributed by atoms with Gasteiger partial charge >= 0.3 is 5.97 Å². The summed E-state index contributed by atoms with van der Waals surface area (Å²) in [6.45, 7) is -0.0909. The number of carbonyl (C=O) groups excluding carboxylic acids is 3. The van der Waals surface area contributed by atoms with Gasteiger partial charge in [-0.05, 0) is 62.3 Å². The number of hydrogen-bond acceptors (Lipinski definition) is 6. The van der Waals surface area contributed by atoms with Gasteiger partial charge in [-0.2, -0.15) is 0 Å². The number of non-ortho nitro benzene ring substituents is 1. The summed E-state index contributed by atoms with van der Waals surface area (Å²) in [5.74, 6) is 0.594. The second-order valence-corrected chi connectivity index (χ2v) is 9.08. The number of rotatable bonds is 5. The van der Waals surface area contributed by atoms with Crippen molar-refractivity contribution >= 4 is 23.5 Å². The smallest absolute Gasteiger partial charge is 0.312 e. The van der Waals surface area contributed by atoms with Crippen molar-refractivity contribution in [3.8, 4) is 0 Å². The molecule has 4 bridgehead atoms. The van der Waals surface area contributed by atoms with Gasteiger partial charge in [-0.15, -0.1) is 0 Å². The largest absolute Gasteiger partial charge is 0.463 e. The highest BCUT2D eigenvalue weighted by Crippen LogP contribution is 2.60. The number of esters is 1. The Morgan fingerprint density at radius 3 is 2.24 bits per heavy atom. The number of nitro benzene ring substituents is 1. The summed E-state index contributed by atoms with van der Waals surface area (Å²) in [6.07, 6.45) is 6.38. The molecule has 0 atom stereocenters. The van der Waals surface area contributed by atoms with Crippen LogP contribution in [-0.4, -0.2) is 40.8 Å². The quantitative estimate of drug-likeness (QED) is 0.327. The maximum absolute atomic E-state index is 12.9. The third-order valence-electron chi connectivity index (χ3n) is 7.18. The Bertz CT molecular complexity index is 904. The normalized spacial score (nSPS) is 31.9. The first-order valence-electron chi connectivity index (χ1n) is 10.2. The van der Waals surface area contributed by atoms with Crippen LogP contribution in [0.2, 0.25) is 0 Å². The zero-order chi connectivity index (χ0) is 20.3. The molecule has 29 heavy (non-hydrogen) atoms. The van der Waals surface area contributed by atoms with Gasteiger partial charge in [0.15, 0.2) is 0 Å². The number of hydrogen-bond donors (Lipinski definition) is 0. The van der Waals surface area contributed by atoms with Crippen LogP contribution >= 0.6 is 0 Å². The van der Waals surface area contributed by atoms with Gasteiger partial charge in [0.25, 0.3) is 17.5 Å². The summed E-state index contributed by atoms with van der Waals surface area (Å²) in [6, 6.07) is 3.63. The summed E-state index contributed by atoms with van der Waals surface area (Å²) < 4.78 is 5.55. The van der Waals surface area contributed by atoms with Crippen molar-refractivity contribution in [2.75, 3.05) is 13.2 Å². The van der Waals surface area contributed by atoms with Gasteiger partial charge in [-0.3, -0.25) is 29.4 Å². The number of imide groups is 1. The van der Waals surface area contributed by atoms with Crippen LogP contribution < -0.4 is 0 Å². The van der Waals surface area contributed by atoms with E-state index in [9.17, 15) is 24.5 Å². The first-order chi connectivity index (χ1) is 13.9. The first kappa shape index (κ1) is 18.3. The summed E-state index contributed by atoms with van der Waals surface area (Å²) in [4.78, 5) is 49.2. The number of nitrogens with zero attached hydrogens (tertiary/aromatic N) is 2. The summed E-state index contributed by atoms with van der Waals surface area (Å²) >= 11 is 0. The van der Waals surface area contributed by atoms with E-state index in [1.807, 2.05) is 0 Å². The van der Waals surface area contributed by atoms with E-state index in [2.05, 4.69) is 0 Å². The maximum atomic E-state index is 12.9. The third-order valence-corrected chi connectivity index (χ3v) is 7.18. The van der Waals surface area contributed by atoms with Crippen molar-refractivity contribution in [3.63, 3.8) is 0 Å². The van der Waals surface area contributed by atoms with E-state index < -0.39 is 16.7 Å². The van der Waals surface area contributed by atoms with E-state index in [1.165, 1.54) is 31.4 Å². The average molecular weight is 398 g/mol. The van der Waals surface area contributed by atoms with Crippen LogP contribution in [0.5, 0.6) is 0 Å². The van der Waals surface area contributed by atoms with Crippen molar-refractivity contribution in [2.45, 2.75) is 38.5 Å². The van der Waals surface area contributed by atoms with Gasteiger partial charge in [0, 0.05) is 12.1 Å². The highest BCUT2D eigenvalue weighted by molar-refractivity contribution is 6.21. The number of benzene rings is 1. The predicted molar refractivity (Wildman–Crippen MR) is 100 cm³/mol. The Kier molecular flexibility index (Phi) is 4.01. The standard InChI is InChI=1S/C21H22N2O6/c24-18-16-2-1-15(23(27)28)8-17(16)19(25)22(18)3-4-29-20(26)21-9-12-5-13(10-21)7-14(6-12)11-21/h1-2,8,12-14H,3-7,9-11H2. The molecule has 0 aromatic heterocycles. The van der Waals surface area contributed by atoms with E-state index >= 15 is 0 Å². The minimum Gasteiger partial charge on any atom is -0.463 e. The molecule has 0 unspecified atom stereocenters. The number of amides is 2. The van der Waals surface area contributed by atoms with Crippen molar-refractivity contribution in [1.29, 1.82) is 0 Å². The molecule has 8 nitrogen and oxygen atoms in total. The Balaban J connectivity index is 1.23. The number of fused-ring (bicyclic) bond motifs is 1. The molecule has 0 radical (unpaired) electrons. The highest BCUT2D eigenvalue weighted by Gasteiger charge is 2.55. The Labute approximate surface area is 167 Å². The molecule has 0 spiro atoms. The Morgan fingerprint density at radius 1 is 1.07 bits per heavy atom. The zero-order valence-corrected chi connectivity index (χ0v) is 16.0. The molecule has 5 aliphatic rings. The fourth-order valence-corrected chi connectivity index (χ4v) is 6.34. The van der Waals surface area contributed by atoms with Crippen LogP contribution in [0.25, 0.3) is 0 Å². The van der Waals surface area contributed by atoms with Crippen molar-refractivity contribution in [1.82, 2.24) is 4.90 Å². The van der Waals surface area contributed by atoms with Crippen LogP contribution in [0.1, 0.15) is 59.2 Å². The minimum absolute atomic E-state index is 0.0246. The Morgan fingerprint density at radius 2 is 1.66 bits per heavy atom. The first-order valence-corrected chi connectivity index (χ1v) is 10.2. The average Bonchev–Trinajstić information content (AvgIpc) is 2.91. The molecule has 4 fully saturated rings. The van der Waals surface area contributed by atoms with Gasteiger partial charge in [0.2, 0.25) is 0 Å². The molecule has 6 rings (SSSR count). The van der Waals surface area contributed by atoms with E-state index in [0.29, 0.717) is 17.8 Å². The summed E-state index contributed by atoms with van der Waals surface area (Å²) in [5, 5.41) is 10.9. The molecule has 1 aliphatic heterocycles. The van der Waals surface area contributed by atoms with E-state index in [0.717, 1.165) is 30.2 Å². The predicted octanol–water partition coefficient (Wildman–Crippen LogP) is 2.95. The SMILES string of the molecule is O=C1c2ccc([N+](=O)[O-])cc2C(=O)N1CCOC(=O)C12CC3CC(CC(C3)C1)C2. The van der Waals surface area contributed by atoms with Gasteiger partial charge in [-0.25, -0.2) is 0 Å². The molecular formula is C21H22N2O6. The molecular weight excluding hydrogens is 376 g/mol. The lowest BCUT2D eigenvalue weighted by atomic mass is 9.49. The fourth-order valence-electron chi connectivity index (χ4n) is 6.34. The van der Waals surface area contributed by atoms with Crippen LogP contribution in [0, 0.1) is 33.3 Å². The molecule has 8 heteroatoms. The number of ether oxygens (including phenoxy) is 1. The van der Waals surface area contributed by atoms with E-state index in [1.54, 1.807) is 0 Å².